The van der Waals surface area contributed by atoms with Crippen LogP contribution in [-0.4, -0.2) is 26.1 Å². The SMILES string of the molecule is O=C(O)C(S)Cc1nn(-c2ccccc2)c2c1CCCC2. The maximum Gasteiger partial charge on any atom is 0.316 e. The molecule has 0 aliphatic heterocycles. The number of hydrogen-bond donors (Lipinski definition) is 2. The highest BCUT2D eigenvalue weighted by atomic mass is 32.1. The number of carbonyl (C=O) groups is 1. The van der Waals surface area contributed by atoms with E-state index in [0.717, 1.165) is 37.1 Å². The van der Waals surface area contributed by atoms with Crippen LogP contribution in [-0.2, 0) is 24.1 Å². The Hall–Kier alpha value is -1.75. The van der Waals surface area contributed by atoms with E-state index in [1.165, 1.54) is 11.3 Å². The fourth-order valence-corrected chi connectivity index (χ4v) is 3.07. The number of fused-ring (bicyclic) bond motifs is 1. The highest BCUT2D eigenvalue weighted by Gasteiger charge is 2.24. The summed E-state index contributed by atoms with van der Waals surface area (Å²) in [6, 6.07) is 10.0. The Kier molecular flexibility index (Phi) is 4.01. The van der Waals surface area contributed by atoms with Gasteiger partial charge in [0.2, 0.25) is 0 Å². The van der Waals surface area contributed by atoms with Gasteiger partial charge >= 0.3 is 5.97 Å². The molecule has 1 aromatic carbocycles. The van der Waals surface area contributed by atoms with E-state index in [1.807, 2.05) is 35.0 Å². The van der Waals surface area contributed by atoms with Crippen molar-refractivity contribution in [1.82, 2.24) is 9.78 Å². The quantitative estimate of drug-likeness (QED) is 0.854. The van der Waals surface area contributed by atoms with Crippen molar-refractivity contribution in [2.75, 3.05) is 0 Å². The van der Waals surface area contributed by atoms with Crippen LogP contribution in [0, 0.1) is 0 Å². The minimum absolute atomic E-state index is 0.376. The van der Waals surface area contributed by atoms with Crippen LogP contribution in [0.1, 0.15) is 29.8 Å². The van der Waals surface area contributed by atoms with Crippen molar-refractivity contribution in [3.63, 3.8) is 0 Å². The second kappa shape index (κ2) is 5.93. The van der Waals surface area contributed by atoms with E-state index in [4.69, 9.17) is 5.11 Å². The number of aromatic nitrogens is 2. The summed E-state index contributed by atoms with van der Waals surface area (Å²) in [5.41, 5.74) is 4.38. The topological polar surface area (TPSA) is 55.1 Å². The lowest BCUT2D eigenvalue weighted by atomic mass is 9.94. The van der Waals surface area contributed by atoms with E-state index in [0.29, 0.717) is 6.42 Å². The van der Waals surface area contributed by atoms with Crippen LogP contribution in [0.4, 0.5) is 0 Å². The van der Waals surface area contributed by atoms with Gasteiger partial charge in [0.25, 0.3) is 0 Å². The second-order valence-electron chi connectivity index (χ2n) is 5.38. The van der Waals surface area contributed by atoms with Crippen molar-refractivity contribution in [3.8, 4) is 5.69 Å². The molecule has 1 aliphatic carbocycles. The number of carboxylic acid groups (broad SMARTS) is 1. The van der Waals surface area contributed by atoms with Crippen LogP contribution in [0.3, 0.4) is 0 Å². The lowest BCUT2D eigenvalue weighted by molar-refractivity contribution is -0.136. The molecule has 1 atom stereocenters. The molecular weight excluding hydrogens is 284 g/mol. The standard InChI is InChI=1S/C16H18N2O2S/c19-16(20)15(21)10-13-12-8-4-5-9-14(12)18(17-13)11-6-2-1-3-7-11/h1-3,6-7,15,21H,4-5,8-10H2,(H,19,20). The molecule has 0 spiro atoms. The van der Waals surface area contributed by atoms with Gasteiger partial charge in [0.05, 0.1) is 11.4 Å². The second-order valence-corrected chi connectivity index (χ2v) is 6.01. The zero-order valence-electron chi connectivity index (χ0n) is 11.7. The molecule has 21 heavy (non-hydrogen) atoms. The first kappa shape index (κ1) is 14.2. The Labute approximate surface area is 129 Å². The number of benzene rings is 1. The van der Waals surface area contributed by atoms with Crippen LogP contribution in [0.2, 0.25) is 0 Å². The van der Waals surface area contributed by atoms with Gasteiger partial charge in [-0.25, -0.2) is 4.68 Å². The monoisotopic (exact) mass is 302 g/mol. The number of para-hydroxylation sites is 1. The Bertz CT molecular complexity index is 652. The Morgan fingerprint density at radius 1 is 1.29 bits per heavy atom. The molecule has 110 valence electrons. The van der Waals surface area contributed by atoms with Crippen LogP contribution >= 0.6 is 12.6 Å². The third-order valence-electron chi connectivity index (χ3n) is 3.94. The lowest BCUT2D eigenvalue weighted by Crippen LogP contribution is -2.17. The first-order chi connectivity index (χ1) is 10.2. The first-order valence-electron chi connectivity index (χ1n) is 7.23. The van der Waals surface area contributed by atoms with Crippen molar-refractivity contribution >= 4 is 18.6 Å². The van der Waals surface area contributed by atoms with Gasteiger partial charge in [-0.15, -0.1) is 0 Å². The zero-order valence-corrected chi connectivity index (χ0v) is 12.6. The molecule has 1 aliphatic rings. The molecule has 4 nitrogen and oxygen atoms in total. The van der Waals surface area contributed by atoms with Crippen LogP contribution in [0.5, 0.6) is 0 Å². The summed E-state index contributed by atoms with van der Waals surface area (Å²) in [5, 5.41) is 13.1. The summed E-state index contributed by atoms with van der Waals surface area (Å²) in [4.78, 5) is 11.0. The Morgan fingerprint density at radius 3 is 2.71 bits per heavy atom. The highest BCUT2D eigenvalue weighted by molar-refractivity contribution is 7.81. The molecule has 1 heterocycles. The number of nitrogens with zero attached hydrogens (tertiary/aromatic N) is 2. The first-order valence-corrected chi connectivity index (χ1v) is 7.74. The van der Waals surface area contributed by atoms with Gasteiger partial charge in [0.1, 0.15) is 5.25 Å². The van der Waals surface area contributed by atoms with Crippen LogP contribution in [0.25, 0.3) is 5.69 Å². The van der Waals surface area contributed by atoms with Gasteiger partial charge in [-0.05, 0) is 43.4 Å². The van der Waals surface area contributed by atoms with E-state index in [2.05, 4.69) is 17.7 Å². The van der Waals surface area contributed by atoms with Crippen molar-refractivity contribution < 1.29 is 9.90 Å². The third-order valence-corrected chi connectivity index (χ3v) is 4.34. The van der Waals surface area contributed by atoms with Gasteiger partial charge in [0.15, 0.2) is 0 Å². The summed E-state index contributed by atoms with van der Waals surface area (Å²) in [6.07, 6.45) is 4.67. The average Bonchev–Trinajstić information content (AvgIpc) is 2.87. The van der Waals surface area contributed by atoms with Gasteiger partial charge in [-0.1, -0.05) is 18.2 Å². The predicted octanol–water partition coefficient (Wildman–Crippen LogP) is 2.68. The van der Waals surface area contributed by atoms with Crippen molar-refractivity contribution in [2.24, 2.45) is 0 Å². The van der Waals surface area contributed by atoms with E-state index < -0.39 is 11.2 Å². The van der Waals surface area contributed by atoms with Gasteiger partial charge in [-0.3, -0.25) is 4.79 Å². The van der Waals surface area contributed by atoms with E-state index >= 15 is 0 Å². The van der Waals surface area contributed by atoms with Crippen molar-refractivity contribution in [1.29, 1.82) is 0 Å². The molecule has 0 radical (unpaired) electrons. The average molecular weight is 302 g/mol. The summed E-state index contributed by atoms with van der Waals surface area (Å²) in [5.74, 6) is -0.892. The van der Waals surface area contributed by atoms with E-state index in [9.17, 15) is 4.79 Å². The number of carboxylic acids is 1. The van der Waals surface area contributed by atoms with Gasteiger partial charge in [0, 0.05) is 12.1 Å². The number of thiol groups is 1. The molecule has 0 bridgehead atoms. The molecule has 1 N–H and O–H groups in total. The molecule has 0 fully saturated rings. The molecule has 2 aromatic rings. The maximum atomic E-state index is 11.0. The fourth-order valence-electron chi connectivity index (χ4n) is 2.89. The smallest absolute Gasteiger partial charge is 0.316 e. The minimum Gasteiger partial charge on any atom is -0.480 e. The van der Waals surface area contributed by atoms with Crippen LogP contribution in [0.15, 0.2) is 30.3 Å². The lowest BCUT2D eigenvalue weighted by Gasteiger charge is -2.14. The number of hydrogen-bond acceptors (Lipinski definition) is 3. The van der Waals surface area contributed by atoms with E-state index in [-0.39, 0.29) is 0 Å². The van der Waals surface area contributed by atoms with Crippen LogP contribution < -0.4 is 0 Å². The van der Waals surface area contributed by atoms with Gasteiger partial charge in [-0.2, -0.15) is 17.7 Å². The third kappa shape index (κ3) is 2.83. The number of rotatable bonds is 4. The molecule has 0 saturated heterocycles. The summed E-state index contributed by atoms with van der Waals surface area (Å²) >= 11 is 4.15. The zero-order chi connectivity index (χ0) is 14.8. The Morgan fingerprint density at radius 2 is 2.00 bits per heavy atom. The Balaban J connectivity index is 2.02. The fraction of sp³-hybridized carbons (Fsp3) is 0.375. The molecule has 0 saturated carbocycles. The maximum absolute atomic E-state index is 11.0. The summed E-state index contributed by atoms with van der Waals surface area (Å²) in [6.45, 7) is 0. The molecular formula is C16H18N2O2S. The molecule has 3 rings (SSSR count). The highest BCUT2D eigenvalue weighted by Crippen LogP contribution is 2.28. The molecule has 5 heteroatoms. The van der Waals surface area contributed by atoms with Crippen molar-refractivity contribution in [2.45, 2.75) is 37.4 Å². The minimum atomic E-state index is -0.892. The predicted molar refractivity (Wildman–Crippen MR) is 84.3 cm³/mol. The molecule has 0 amide bonds. The van der Waals surface area contributed by atoms with E-state index in [1.54, 1.807) is 0 Å². The molecule has 1 aromatic heterocycles. The van der Waals surface area contributed by atoms with Crippen molar-refractivity contribution in [3.05, 3.63) is 47.3 Å². The number of aliphatic carboxylic acids is 1. The summed E-state index contributed by atoms with van der Waals surface area (Å²) in [7, 11) is 0. The summed E-state index contributed by atoms with van der Waals surface area (Å²) < 4.78 is 1.98. The normalized spacial score (nSPS) is 15.5. The van der Waals surface area contributed by atoms with Gasteiger partial charge < -0.3 is 5.11 Å². The largest absolute Gasteiger partial charge is 0.480 e. The molecule has 1 unspecified atom stereocenters.